The van der Waals surface area contributed by atoms with E-state index in [2.05, 4.69) is 99.2 Å². The van der Waals surface area contributed by atoms with Crippen LogP contribution in [-0.2, 0) is 13.0 Å². The molecule has 1 aromatic rings. The largest absolute Gasteiger partial charge is 0.302 e. The third-order valence-corrected chi connectivity index (χ3v) is 5.11. The molecule has 2 aliphatic heterocycles. The van der Waals surface area contributed by atoms with E-state index in [1.54, 1.807) is 5.57 Å². The van der Waals surface area contributed by atoms with E-state index in [1.165, 1.54) is 42.6 Å². The van der Waals surface area contributed by atoms with Crippen LogP contribution in [0.2, 0.25) is 0 Å². The highest BCUT2D eigenvalue weighted by Gasteiger charge is 2.10. The van der Waals surface area contributed by atoms with Gasteiger partial charge < -0.3 is 9.80 Å². The van der Waals surface area contributed by atoms with Crippen LogP contribution in [0.5, 0.6) is 0 Å². The lowest BCUT2D eigenvalue weighted by atomic mass is 10.0. The van der Waals surface area contributed by atoms with Crippen LogP contribution < -0.4 is 0 Å². The number of benzene rings is 1. The molecule has 2 heterocycles. The van der Waals surface area contributed by atoms with Crippen molar-refractivity contribution in [1.29, 1.82) is 0 Å². The topological polar surface area (TPSA) is 6.48 Å². The summed E-state index contributed by atoms with van der Waals surface area (Å²) in [6.45, 7) is 9.00. The molecule has 2 nitrogen and oxygen atoms in total. The summed E-state index contributed by atoms with van der Waals surface area (Å²) in [6, 6.07) is 8.72. The van der Waals surface area contributed by atoms with Gasteiger partial charge in [-0.15, -0.1) is 12.8 Å². The molecular formula is C26H38N2. The molecule has 1 aromatic carbocycles. The van der Waals surface area contributed by atoms with E-state index in [9.17, 15) is 0 Å². The lowest BCUT2D eigenvalue weighted by molar-refractivity contribution is 0.313. The van der Waals surface area contributed by atoms with Crippen molar-refractivity contribution in [3.05, 3.63) is 70.8 Å². The Hall–Kier alpha value is -2.08. The van der Waals surface area contributed by atoms with Crippen molar-refractivity contribution in [2.75, 3.05) is 33.7 Å². The smallest absolute Gasteiger partial charge is 0.0233 e. The Balaban J connectivity index is 0.000000266. The van der Waals surface area contributed by atoms with Crippen LogP contribution in [0, 0.1) is 12.8 Å². The van der Waals surface area contributed by atoms with E-state index in [1.807, 2.05) is 0 Å². The standard InChI is InChI=1S/C14H23N.C10H13N.C2H2/c1-4-6-13(2)7-5-8-14-9-11-15(3)12-10-14;1-11-7-6-9-4-2-3-5-10(9)8-11;1-2/h5-7,9H,4,8,10-12H2,1-3H3;2-5H,6-8H2,1H3;1-2H/b7-5-,13-6-;;. The zero-order valence-corrected chi connectivity index (χ0v) is 18.3. The van der Waals surface area contributed by atoms with Gasteiger partial charge in [-0.2, -0.15) is 0 Å². The molecule has 2 heteroatoms. The average Bonchev–Trinajstić information content (AvgIpc) is 2.72. The lowest BCUT2D eigenvalue weighted by Gasteiger charge is -2.24. The fourth-order valence-electron chi connectivity index (χ4n) is 3.42. The maximum Gasteiger partial charge on any atom is 0.0233 e. The van der Waals surface area contributed by atoms with Gasteiger partial charge >= 0.3 is 0 Å². The van der Waals surface area contributed by atoms with Crippen LogP contribution in [0.3, 0.4) is 0 Å². The Morgan fingerprint density at radius 3 is 2.36 bits per heavy atom. The highest BCUT2D eigenvalue weighted by molar-refractivity contribution is 5.28. The van der Waals surface area contributed by atoms with Gasteiger partial charge in [-0.05, 0) is 57.8 Å². The number of nitrogens with zero attached hydrogens (tertiary/aromatic N) is 2. The van der Waals surface area contributed by atoms with Crippen molar-refractivity contribution in [2.24, 2.45) is 0 Å². The molecular weight excluding hydrogens is 340 g/mol. The molecule has 0 fully saturated rings. The first-order valence-corrected chi connectivity index (χ1v) is 10.4. The van der Waals surface area contributed by atoms with Gasteiger partial charge in [0.2, 0.25) is 0 Å². The summed E-state index contributed by atoms with van der Waals surface area (Å²) >= 11 is 0. The molecule has 0 bridgehead atoms. The van der Waals surface area contributed by atoms with Gasteiger partial charge in [-0.3, -0.25) is 0 Å². The molecule has 2 aliphatic rings. The van der Waals surface area contributed by atoms with Crippen molar-refractivity contribution in [2.45, 2.75) is 46.1 Å². The minimum atomic E-state index is 1.12. The summed E-state index contributed by atoms with van der Waals surface area (Å²) in [5.74, 6) is 0. The SMILES string of the molecule is C#C.CC/C=C(C)\C=C/CC1=CCN(C)CC1.CN1CCc2ccccc2C1. The Bertz CT molecular complexity index is 679. The molecule has 0 N–H and O–H groups in total. The molecule has 0 atom stereocenters. The number of fused-ring (bicyclic) bond motifs is 1. The molecule has 0 aromatic heterocycles. The molecule has 0 saturated heterocycles. The van der Waals surface area contributed by atoms with Crippen LogP contribution in [0.4, 0.5) is 0 Å². The van der Waals surface area contributed by atoms with Crippen LogP contribution in [-0.4, -0.2) is 43.5 Å². The summed E-state index contributed by atoms with van der Waals surface area (Å²) in [5, 5.41) is 0. The molecule has 0 radical (unpaired) electrons. The minimum Gasteiger partial charge on any atom is -0.302 e. The summed E-state index contributed by atoms with van der Waals surface area (Å²) < 4.78 is 0. The fourth-order valence-corrected chi connectivity index (χ4v) is 3.42. The minimum absolute atomic E-state index is 1.12. The molecule has 0 spiro atoms. The number of hydrogen-bond acceptors (Lipinski definition) is 2. The van der Waals surface area contributed by atoms with E-state index in [-0.39, 0.29) is 0 Å². The zero-order chi connectivity index (χ0) is 20.8. The Kier molecular flexibility index (Phi) is 12.0. The first kappa shape index (κ1) is 24.0. The third kappa shape index (κ3) is 9.22. The van der Waals surface area contributed by atoms with Crippen LogP contribution in [0.1, 0.15) is 44.2 Å². The van der Waals surface area contributed by atoms with Gasteiger partial charge in [-0.1, -0.05) is 66.6 Å². The molecule has 0 unspecified atom stereocenters. The second-order valence-corrected chi connectivity index (χ2v) is 7.59. The summed E-state index contributed by atoms with van der Waals surface area (Å²) in [6.07, 6.45) is 21.9. The first-order chi connectivity index (χ1) is 13.6. The van der Waals surface area contributed by atoms with E-state index in [4.69, 9.17) is 0 Å². The molecule has 0 amide bonds. The van der Waals surface area contributed by atoms with Gasteiger partial charge in [0.25, 0.3) is 0 Å². The quantitative estimate of drug-likeness (QED) is 0.389. The van der Waals surface area contributed by atoms with Crippen LogP contribution in [0.25, 0.3) is 0 Å². The predicted octanol–water partition coefficient (Wildman–Crippen LogP) is 5.47. The first-order valence-electron chi connectivity index (χ1n) is 10.4. The van der Waals surface area contributed by atoms with Crippen LogP contribution in [0.15, 0.2) is 59.7 Å². The van der Waals surface area contributed by atoms with Crippen LogP contribution >= 0.6 is 0 Å². The monoisotopic (exact) mass is 378 g/mol. The second-order valence-electron chi connectivity index (χ2n) is 7.59. The van der Waals surface area contributed by atoms with E-state index in [0.29, 0.717) is 0 Å². The van der Waals surface area contributed by atoms with Gasteiger partial charge in [0.15, 0.2) is 0 Å². The van der Waals surface area contributed by atoms with Crippen molar-refractivity contribution in [3.8, 4) is 12.8 Å². The number of allylic oxidation sites excluding steroid dienone is 4. The number of terminal acetylenes is 1. The molecule has 0 saturated carbocycles. The Morgan fingerprint density at radius 1 is 1.04 bits per heavy atom. The van der Waals surface area contributed by atoms with Gasteiger partial charge in [0.05, 0.1) is 0 Å². The normalized spacial score (nSPS) is 17.6. The maximum absolute atomic E-state index is 4.00. The Labute approximate surface area is 173 Å². The van der Waals surface area contributed by atoms with E-state index in [0.717, 1.165) is 25.9 Å². The van der Waals surface area contributed by atoms with Crippen molar-refractivity contribution < 1.29 is 0 Å². The van der Waals surface area contributed by atoms with Crippen molar-refractivity contribution in [1.82, 2.24) is 9.80 Å². The van der Waals surface area contributed by atoms with E-state index < -0.39 is 0 Å². The molecule has 0 aliphatic carbocycles. The summed E-state index contributed by atoms with van der Waals surface area (Å²) in [7, 11) is 4.35. The number of rotatable bonds is 4. The van der Waals surface area contributed by atoms with Crippen molar-refractivity contribution in [3.63, 3.8) is 0 Å². The van der Waals surface area contributed by atoms with Gasteiger partial charge in [0, 0.05) is 26.2 Å². The number of likely N-dealkylation sites (N-methyl/N-ethyl adjacent to an activating group) is 2. The highest BCUT2D eigenvalue weighted by atomic mass is 15.1. The highest BCUT2D eigenvalue weighted by Crippen LogP contribution is 2.16. The van der Waals surface area contributed by atoms with E-state index >= 15 is 0 Å². The fraction of sp³-hybridized carbons (Fsp3) is 0.462. The van der Waals surface area contributed by atoms with Gasteiger partial charge in [0.1, 0.15) is 0 Å². The lowest BCUT2D eigenvalue weighted by Crippen LogP contribution is -2.26. The average molecular weight is 379 g/mol. The Morgan fingerprint density at radius 2 is 1.71 bits per heavy atom. The summed E-state index contributed by atoms with van der Waals surface area (Å²) in [5.41, 5.74) is 6.01. The maximum atomic E-state index is 4.00. The van der Waals surface area contributed by atoms with Gasteiger partial charge in [-0.25, -0.2) is 0 Å². The second kappa shape index (κ2) is 14.0. The molecule has 28 heavy (non-hydrogen) atoms. The third-order valence-electron chi connectivity index (χ3n) is 5.11. The molecule has 152 valence electrons. The molecule has 3 rings (SSSR count). The summed E-state index contributed by atoms with van der Waals surface area (Å²) in [4.78, 5) is 4.72. The number of hydrogen-bond donors (Lipinski definition) is 0. The zero-order valence-electron chi connectivity index (χ0n) is 18.3. The predicted molar refractivity (Wildman–Crippen MR) is 124 cm³/mol. The van der Waals surface area contributed by atoms with Crippen molar-refractivity contribution >= 4 is 0 Å².